The van der Waals surface area contributed by atoms with Crippen LogP contribution in [0.25, 0.3) is 11.1 Å². The molecule has 3 heterocycles. The maximum atomic E-state index is 14.9. The maximum Gasteiger partial charge on any atom is 0.414 e. The minimum Gasteiger partial charge on any atom is -0.444 e. The first-order valence-electron chi connectivity index (χ1n) is 10.1. The first-order chi connectivity index (χ1) is 14.9. The standard InChI is InChI=1S/C22H23FN4O4/c1-14(28)3-6-17-13-27(22(29)31-17)16-5-7-18(19(23)11-16)15-4-8-20(24-12-15)21-25-30-10-9-26(21)2/h4-5,7-8,11-12,17H,3,6,9-10,13H2,1-2H3/t17-/m0/s1. The zero-order valence-electron chi connectivity index (χ0n) is 17.4. The fourth-order valence-electron chi connectivity index (χ4n) is 3.54. The number of amides is 1. The molecule has 2 aromatic rings. The van der Waals surface area contributed by atoms with Gasteiger partial charge in [-0.05, 0) is 37.6 Å². The molecule has 8 nitrogen and oxygen atoms in total. The summed E-state index contributed by atoms with van der Waals surface area (Å²) in [6, 6.07) is 8.14. The van der Waals surface area contributed by atoms with Crippen molar-refractivity contribution in [2.75, 3.05) is 31.6 Å². The number of Topliss-reactive ketones (excluding diaryl/α,β-unsaturated/α-hetero) is 1. The molecule has 1 amide bonds. The van der Waals surface area contributed by atoms with E-state index in [0.717, 1.165) is 0 Å². The van der Waals surface area contributed by atoms with Crippen molar-refractivity contribution in [2.24, 2.45) is 5.16 Å². The lowest BCUT2D eigenvalue weighted by atomic mass is 10.1. The van der Waals surface area contributed by atoms with Crippen LogP contribution in [0.1, 0.15) is 25.5 Å². The van der Waals surface area contributed by atoms with E-state index in [9.17, 15) is 14.0 Å². The van der Waals surface area contributed by atoms with Crippen molar-refractivity contribution in [2.45, 2.75) is 25.9 Å². The van der Waals surface area contributed by atoms with E-state index in [1.807, 2.05) is 11.9 Å². The van der Waals surface area contributed by atoms with Gasteiger partial charge in [-0.3, -0.25) is 9.88 Å². The molecule has 9 heteroatoms. The molecular weight excluding hydrogens is 403 g/mol. The first-order valence-corrected chi connectivity index (χ1v) is 10.1. The molecule has 0 spiro atoms. The van der Waals surface area contributed by atoms with E-state index < -0.39 is 11.9 Å². The van der Waals surface area contributed by atoms with Gasteiger partial charge in [-0.15, -0.1) is 0 Å². The molecule has 31 heavy (non-hydrogen) atoms. The fourth-order valence-corrected chi connectivity index (χ4v) is 3.54. The normalized spacial score (nSPS) is 18.5. The number of oxime groups is 1. The molecule has 1 fully saturated rings. The summed E-state index contributed by atoms with van der Waals surface area (Å²) in [6.45, 7) is 3.03. The summed E-state index contributed by atoms with van der Waals surface area (Å²) in [4.78, 5) is 36.2. The summed E-state index contributed by atoms with van der Waals surface area (Å²) in [7, 11) is 1.91. The number of benzene rings is 1. The lowest BCUT2D eigenvalue weighted by Crippen LogP contribution is -2.34. The number of hydrogen-bond acceptors (Lipinski definition) is 7. The Morgan fingerprint density at radius 3 is 2.81 bits per heavy atom. The predicted octanol–water partition coefficient (Wildman–Crippen LogP) is 3.21. The molecule has 0 N–H and O–H groups in total. The van der Waals surface area contributed by atoms with Crippen molar-refractivity contribution in [1.82, 2.24) is 9.88 Å². The Labute approximate surface area is 179 Å². The molecule has 2 aliphatic heterocycles. The van der Waals surface area contributed by atoms with Gasteiger partial charge in [-0.25, -0.2) is 9.18 Å². The minimum absolute atomic E-state index is 0.0410. The average molecular weight is 426 g/mol. The Morgan fingerprint density at radius 1 is 1.29 bits per heavy atom. The molecule has 1 saturated heterocycles. The monoisotopic (exact) mass is 426 g/mol. The number of pyridine rings is 1. The highest BCUT2D eigenvalue weighted by Gasteiger charge is 2.32. The molecule has 1 aromatic heterocycles. The number of amidine groups is 1. The first kappa shape index (κ1) is 20.8. The summed E-state index contributed by atoms with van der Waals surface area (Å²) in [5, 5.41) is 4.03. The van der Waals surface area contributed by atoms with Crippen LogP contribution < -0.4 is 4.90 Å². The highest BCUT2D eigenvalue weighted by Crippen LogP contribution is 2.29. The lowest BCUT2D eigenvalue weighted by molar-refractivity contribution is -0.117. The second kappa shape index (κ2) is 8.71. The van der Waals surface area contributed by atoms with Crippen LogP contribution in [0, 0.1) is 5.82 Å². The van der Waals surface area contributed by atoms with Crippen LogP contribution in [0.5, 0.6) is 0 Å². The predicted molar refractivity (Wildman–Crippen MR) is 112 cm³/mol. The fraction of sp³-hybridized carbons (Fsp3) is 0.364. The molecular formula is C22H23FN4O4. The van der Waals surface area contributed by atoms with Gasteiger partial charge in [0.1, 0.15) is 30.0 Å². The summed E-state index contributed by atoms with van der Waals surface area (Å²) in [6.07, 6.45) is 1.48. The van der Waals surface area contributed by atoms with Crippen LogP contribution in [-0.4, -0.2) is 60.4 Å². The Morgan fingerprint density at radius 2 is 2.13 bits per heavy atom. The highest BCUT2D eigenvalue weighted by atomic mass is 19.1. The number of hydrogen-bond donors (Lipinski definition) is 0. The summed E-state index contributed by atoms with van der Waals surface area (Å²) in [5.41, 5.74) is 2.03. The smallest absolute Gasteiger partial charge is 0.414 e. The van der Waals surface area contributed by atoms with Gasteiger partial charge in [0.2, 0.25) is 0 Å². The Hall–Kier alpha value is -3.49. The van der Waals surface area contributed by atoms with Crippen LogP contribution in [0.4, 0.5) is 14.9 Å². The number of cyclic esters (lactones) is 1. The van der Waals surface area contributed by atoms with Crippen LogP contribution in [0.3, 0.4) is 0 Å². The molecule has 0 unspecified atom stereocenters. The largest absolute Gasteiger partial charge is 0.444 e. The van der Waals surface area contributed by atoms with E-state index >= 15 is 0 Å². The van der Waals surface area contributed by atoms with E-state index in [1.165, 1.54) is 17.9 Å². The summed E-state index contributed by atoms with van der Waals surface area (Å²) >= 11 is 0. The van der Waals surface area contributed by atoms with Crippen LogP contribution in [0.15, 0.2) is 41.7 Å². The molecule has 0 bridgehead atoms. The quantitative estimate of drug-likeness (QED) is 0.705. The zero-order valence-corrected chi connectivity index (χ0v) is 17.4. The van der Waals surface area contributed by atoms with Crippen LogP contribution >= 0.6 is 0 Å². The third-order valence-electron chi connectivity index (χ3n) is 5.29. The van der Waals surface area contributed by atoms with E-state index in [0.29, 0.717) is 60.9 Å². The van der Waals surface area contributed by atoms with Crippen molar-refractivity contribution >= 4 is 23.4 Å². The van der Waals surface area contributed by atoms with Crippen LogP contribution in [0.2, 0.25) is 0 Å². The SMILES string of the molecule is CC(=O)CC[C@H]1CN(c2ccc(-c3ccc(C4=NOCCN4C)nc3)c(F)c2)C(=O)O1. The average Bonchev–Trinajstić information content (AvgIpc) is 3.13. The molecule has 1 aromatic carbocycles. The second-order valence-corrected chi connectivity index (χ2v) is 7.62. The number of nitrogens with zero attached hydrogens (tertiary/aromatic N) is 4. The number of rotatable bonds is 6. The van der Waals surface area contributed by atoms with Gasteiger partial charge in [-0.1, -0.05) is 11.2 Å². The number of carbonyl (C=O) groups excluding carboxylic acids is 2. The lowest BCUT2D eigenvalue weighted by Gasteiger charge is -2.23. The van der Waals surface area contributed by atoms with Gasteiger partial charge in [0.15, 0.2) is 5.84 Å². The van der Waals surface area contributed by atoms with Gasteiger partial charge in [0.05, 0.1) is 18.8 Å². The van der Waals surface area contributed by atoms with Gasteiger partial charge in [0.25, 0.3) is 0 Å². The summed E-state index contributed by atoms with van der Waals surface area (Å²) < 4.78 is 20.2. The van der Waals surface area contributed by atoms with Crippen LogP contribution in [-0.2, 0) is 14.4 Å². The van der Waals surface area contributed by atoms with E-state index in [-0.39, 0.29) is 11.9 Å². The number of likely N-dealkylation sites (N-methyl/N-ethyl adjacent to an activating group) is 1. The van der Waals surface area contributed by atoms with E-state index in [1.54, 1.807) is 30.5 Å². The number of ketones is 1. The third kappa shape index (κ3) is 4.50. The number of halogens is 1. The number of aromatic nitrogens is 1. The Kier molecular flexibility index (Phi) is 5.83. The summed E-state index contributed by atoms with van der Waals surface area (Å²) in [5.74, 6) is 0.197. The van der Waals surface area contributed by atoms with Gasteiger partial charge >= 0.3 is 6.09 Å². The molecule has 0 radical (unpaired) electrons. The van der Waals surface area contributed by atoms with Crippen molar-refractivity contribution in [3.8, 4) is 11.1 Å². The molecule has 2 aliphatic rings. The molecule has 0 aliphatic carbocycles. The number of ether oxygens (including phenoxy) is 1. The number of carbonyl (C=O) groups is 2. The Balaban J connectivity index is 1.50. The van der Waals surface area contributed by atoms with Crippen molar-refractivity contribution in [1.29, 1.82) is 0 Å². The van der Waals surface area contributed by atoms with E-state index in [4.69, 9.17) is 9.57 Å². The molecule has 162 valence electrons. The molecule has 1 atom stereocenters. The second-order valence-electron chi connectivity index (χ2n) is 7.62. The highest BCUT2D eigenvalue weighted by molar-refractivity contribution is 5.97. The van der Waals surface area contributed by atoms with Crippen molar-refractivity contribution < 1.29 is 23.6 Å². The van der Waals surface area contributed by atoms with E-state index in [2.05, 4.69) is 10.1 Å². The zero-order chi connectivity index (χ0) is 22.0. The molecule has 4 rings (SSSR count). The third-order valence-corrected chi connectivity index (χ3v) is 5.29. The van der Waals surface area contributed by atoms with Crippen molar-refractivity contribution in [3.63, 3.8) is 0 Å². The van der Waals surface area contributed by atoms with Gasteiger partial charge < -0.3 is 19.3 Å². The van der Waals surface area contributed by atoms with Gasteiger partial charge in [-0.2, -0.15) is 0 Å². The maximum absolute atomic E-state index is 14.9. The van der Waals surface area contributed by atoms with Gasteiger partial charge in [0, 0.05) is 30.8 Å². The minimum atomic E-state index is -0.536. The topological polar surface area (TPSA) is 84.3 Å². The molecule has 0 saturated carbocycles. The Bertz CT molecular complexity index is 1020. The van der Waals surface area contributed by atoms with Crippen molar-refractivity contribution in [3.05, 3.63) is 48.0 Å². The number of anilines is 1.